The highest BCUT2D eigenvalue weighted by Crippen LogP contribution is 2.35. The van der Waals surface area contributed by atoms with Crippen LogP contribution in [0.15, 0.2) is 84.6 Å². The molecule has 3 aromatic rings. The van der Waals surface area contributed by atoms with Crippen LogP contribution in [0.4, 0.5) is 10.1 Å². The number of nitrogens with one attached hydrogen (secondary N) is 1. The fraction of sp³-hybridized carbons (Fsp3) is 0.185. The van der Waals surface area contributed by atoms with Gasteiger partial charge < -0.3 is 10.1 Å². The molecule has 33 heavy (non-hydrogen) atoms. The summed E-state index contributed by atoms with van der Waals surface area (Å²) in [5.41, 5.74) is 2.37. The van der Waals surface area contributed by atoms with Gasteiger partial charge in [-0.05, 0) is 61.2 Å². The molecule has 0 fully saturated rings. The fourth-order valence-electron chi connectivity index (χ4n) is 3.69. The first kappa shape index (κ1) is 22.3. The molecular formula is C27H25FN2O3. The minimum atomic E-state index is -0.426. The third-order valence-corrected chi connectivity index (χ3v) is 5.42. The normalized spacial score (nSPS) is 15.0. The van der Waals surface area contributed by atoms with Crippen LogP contribution in [0.25, 0.3) is 6.08 Å². The number of rotatable bonds is 7. The molecule has 6 heteroatoms. The molecule has 168 valence electrons. The van der Waals surface area contributed by atoms with Crippen molar-refractivity contribution < 1.29 is 18.7 Å². The average Bonchev–Trinajstić information content (AvgIpc) is 2.82. The summed E-state index contributed by atoms with van der Waals surface area (Å²) in [4.78, 5) is 27.4. The Morgan fingerprint density at radius 2 is 1.73 bits per heavy atom. The molecule has 1 heterocycles. The first-order chi connectivity index (χ1) is 16.0. The second-order valence-corrected chi connectivity index (χ2v) is 8.01. The topological polar surface area (TPSA) is 58.6 Å². The van der Waals surface area contributed by atoms with Gasteiger partial charge in [-0.2, -0.15) is 0 Å². The third kappa shape index (κ3) is 5.66. The molecule has 0 aliphatic carbocycles. The second kappa shape index (κ2) is 10.1. The number of para-hydroxylation sites is 2. The lowest BCUT2D eigenvalue weighted by Gasteiger charge is -2.30. The highest BCUT2D eigenvalue weighted by molar-refractivity contribution is 6.12. The van der Waals surface area contributed by atoms with E-state index in [1.807, 2.05) is 25.1 Å². The largest absolute Gasteiger partial charge is 0.449 e. The predicted octanol–water partition coefficient (Wildman–Crippen LogP) is 4.73. The van der Waals surface area contributed by atoms with Crippen LogP contribution in [0.1, 0.15) is 24.5 Å². The molecule has 0 radical (unpaired) electrons. The van der Waals surface area contributed by atoms with Crippen LogP contribution in [0.5, 0.6) is 5.75 Å². The van der Waals surface area contributed by atoms with Crippen LogP contribution in [0.2, 0.25) is 0 Å². The fourth-order valence-corrected chi connectivity index (χ4v) is 3.69. The first-order valence-corrected chi connectivity index (χ1v) is 10.9. The van der Waals surface area contributed by atoms with Gasteiger partial charge in [-0.15, -0.1) is 0 Å². The van der Waals surface area contributed by atoms with Gasteiger partial charge in [0.05, 0.1) is 5.69 Å². The summed E-state index contributed by atoms with van der Waals surface area (Å²) >= 11 is 0. The van der Waals surface area contributed by atoms with E-state index in [1.54, 1.807) is 42.5 Å². The van der Waals surface area contributed by atoms with Gasteiger partial charge in [-0.1, -0.05) is 54.6 Å². The summed E-state index contributed by atoms with van der Waals surface area (Å²) in [5, 5.41) is 2.98. The Balaban J connectivity index is 1.46. The number of ether oxygens (including phenoxy) is 1. The Hall–Kier alpha value is -3.93. The van der Waals surface area contributed by atoms with Crippen LogP contribution in [-0.2, 0) is 16.0 Å². The molecule has 1 atom stereocenters. The molecule has 0 aromatic heterocycles. The van der Waals surface area contributed by atoms with Crippen molar-refractivity contribution in [2.75, 3.05) is 11.4 Å². The van der Waals surface area contributed by atoms with E-state index in [0.29, 0.717) is 17.0 Å². The second-order valence-electron chi connectivity index (χ2n) is 8.01. The summed E-state index contributed by atoms with van der Waals surface area (Å²) in [6, 6.07) is 22.9. The van der Waals surface area contributed by atoms with Gasteiger partial charge in [-0.25, -0.2) is 4.39 Å². The Morgan fingerprint density at radius 1 is 1.03 bits per heavy atom. The van der Waals surface area contributed by atoms with Crippen LogP contribution >= 0.6 is 0 Å². The minimum absolute atomic E-state index is 0.0432. The summed E-state index contributed by atoms with van der Waals surface area (Å²) < 4.78 is 19.0. The summed E-state index contributed by atoms with van der Waals surface area (Å²) in [6.07, 6.45) is 3.19. The molecule has 0 saturated carbocycles. The Kier molecular flexibility index (Phi) is 6.83. The lowest BCUT2D eigenvalue weighted by molar-refractivity contribution is -0.123. The van der Waals surface area contributed by atoms with Gasteiger partial charge in [0.15, 0.2) is 11.5 Å². The van der Waals surface area contributed by atoms with E-state index < -0.39 is 5.91 Å². The maximum Gasteiger partial charge on any atom is 0.294 e. The van der Waals surface area contributed by atoms with Gasteiger partial charge >= 0.3 is 0 Å². The van der Waals surface area contributed by atoms with Crippen LogP contribution < -0.4 is 15.0 Å². The molecule has 0 unspecified atom stereocenters. The number of carbonyl (C=O) groups is 2. The molecule has 0 saturated heterocycles. The number of anilines is 1. The van der Waals surface area contributed by atoms with Gasteiger partial charge in [0.2, 0.25) is 5.91 Å². The Labute approximate surface area is 192 Å². The van der Waals surface area contributed by atoms with Crippen molar-refractivity contribution in [3.63, 3.8) is 0 Å². The van der Waals surface area contributed by atoms with Crippen molar-refractivity contribution >= 4 is 23.6 Å². The average molecular weight is 445 g/mol. The van der Waals surface area contributed by atoms with E-state index in [2.05, 4.69) is 17.4 Å². The molecule has 1 aliphatic rings. The molecular weight excluding hydrogens is 419 g/mol. The maximum atomic E-state index is 13.2. The number of benzene rings is 3. The van der Waals surface area contributed by atoms with Gasteiger partial charge in [0.25, 0.3) is 5.91 Å². The van der Waals surface area contributed by atoms with Crippen molar-refractivity contribution in [1.29, 1.82) is 0 Å². The van der Waals surface area contributed by atoms with Crippen LogP contribution in [0, 0.1) is 5.82 Å². The summed E-state index contributed by atoms with van der Waals surface area (Å²) in [6.45, 7) is 1.82. The van der Waals surface area contributed by atoms with Crippen molar-refractivity contribution in [3.05, 3.63) is 102 Å². The van der Waals surface area contributed by atoms with Crippen LogP contribution in [0.3, 0.4) is 0 Å². The number of nitrogens with zero attached hydrogens (tertiary/aromatic N) is 1. The Bertz CT molecular complexity index is 1160. The number of halogens is 1. The monoisotopic (exact) mass is 444 g/mol. The van der Waals surface area contributed by atoms with Gasteiger partial charge in [0.1, 0.15) is 12.4 Å². The quantitative estimate of drug-likeness (QED) is 0.536. The van der Waals surface area contributed by atoms with E-state index in [-0.39, 0.29) is 30.1 Å². The molecule has 0 bridgehead atoms. The van der Waals surface area contributed by atoms with Crippen molar-refractivity contribution in [1.82, 2.24) is 5.32 Å². The third-order valence-electron chi connectivity index (χ3n) is 5.42. The molecule has 5 nitrogen and oxygen atoms in total. The van der Waals surface area contributed by atoms with E-state index in [1.165, 1.54) is 22.6 Å². The molecule has 4 rings (SSSR count). The predicted molar refractivity (Wildman–Crippen MR) is 126 cm³/mol. The number of fused-ring (bicyclic) bond motifs is 1. The van der Waals surface area contributed by atoms with Crippen LogP contribution in [-0.4, -0.2) is 24.4 Å². The van der Waals surface area contributed by atoms with Crippen molar-refractivity contribution in [2.45, 2.75) is 25.8 Å². The standard InChI is InChI=1S/C27H25FN2O3/c1-19(11-12-20-7-3-2-4-8-20)29-26(31)18-30-23-9-5-6-10-24(23)33-25(27(30)32)17-21-13-15-22(28)16-14-21/h2-10,13-17,19H,11-12,18H2,1H3,(H,29,31)/b25-17+/t19-/m0/s1. The van der Waals surface area contributed by atoms with Gasteiger partial charge in [-0.3, -0.25) is 14.5 Å². The molecule has 2 amide bonds. The molecule has 1 aliphatic heterocycles. The zero-order valence-corrected chi connectivity index (χ0v) is 18.3. The van der Waals surface area contributed by atoms with Crippen molar-refractivity contribution in [3.8, 4) is 5.75 Å². The number of amides is 2. The van der Waals surface area contributed by atoms with Gasteiger partial charge in [0, 0.05) is 6.04 Å². The number of aryl methyl sites for hydroxylation is 1. The zero-order valence-electron chi connectivity index (χ0n) is 18.3. The number of hydrogen-bond acceptors (Lipinski definition) is 3. The SMILES string of the molecule is C[C@@H](CCc1ccccc1)NC(=O)CN1C(=O)/C(=C\c2ccc(F)cc2)Oc2ccccc21. The van der Waals surface area contributed by atoms with E-state index in [4.69, 9.17) is 4.74 Å². The first-order valence-electron chi connectivity index (χ1n) is 10.9. The lowest BCUT2D eigenvalue weighted by Crippen LogP contribution is -2.46. The summed E-state index contributed by atoms with van der Waals surface area (Å²) in [7, 11) is 0. The highest BCUT2D eigenvalue weighted by atomic mass is 19.1. The molecule has 1 N–H and O–H groups in total. The Morgan fingerprint density at radius 3 is 2.48 bits per heavy atom. The smallest absolute Gasteiger partial charge is 0.294 e. The molecule has 0 spiro atoms. The highest BCUT2D eigenvalue weighted by Gasteiger charge is 2.31. The zero-order chi connectivity index (χ0) is 23.2. The molecule has 3 aromatic carbocycles. The van der Waals surface area contributed by atoms with E-state index >= 15 is 0 Å². The van der Waals surface area contributed by atoms with E-state index in [9.17, 15) is 14.0 Å². The summed E-state index contributed by atoms with van der Waals surface area (Å²) in [5.74, 6) is -0.481. The number of hydrogen-bond donors (Lipinski definition) is 1. The van der Waals surface area contributed by atoms with E-state index in [0.717, 1.165) is 12.8 Å². The number of carbonyl (C=O) groups excluding carboxylic acids is 2. The maximum absolute atomic E-state index is 13.2. The lowest BCUT2D eigenvalue weighted by atomic mass is 10.1. The minimum Gasteiger partial charge on any atom is -0.449 e. The van der Waals surface area contributed by atoms with Crippen molar-refractivity contribution in [2.24, 2.45) is 0 Å².